The molecule has 1 saturated heterocycles. The van der Waals surface area contributed by atoms with Crippen LogP contribution < -0.4 is 10.5 Å². The third-order valence-corrected chi connectivity index (χ3v) is 6.30. The first kappa shape index (κ1) is 19.8. The highest BCUT2D eigenvalue weighted by molar-refractivity contribution is 7.80. The van der Waals surface area contributed by atoms with E-state index in [-0.39, 0.29) is 11.5 Å². The summed E-state index contributed by atoms with van der Waals surface area (Å²) in [7, 11) is 1.70. The molecular formula is C23H22N4O3S. The molecule has 31 heavy (non-hydrogen) atoms. The zero-order chi connectivity index (χ0) is 21.5. The Labute approximate surface area is 184 Å². The third kappa shape index (κ3) is 3.41. The van der Waals surface area contributed by atoms with E-state index in [4.69, 9.17) is 21.9 Å². The molecule has 158 valence electrons. The summed E-state index contributed by atoms with van der Waals surface area (Å²) in [6, 6.07) is 12.0. The summed E-state index contributed by atoms with van der Waals surface area (Å²) in [6.07, 6.45) is 2.25. The van der Waals surface area contributed by atoms with Gasteiger partial charge in [-0.3, -0.25) is 19.5 Å². The lowest BCUT2D eigenvalue weighted by atomic mass is 10.1. The van der Waals surface area contributed by atoms with E-state index in [0.717, 1.165) is 16.6 Å². The van der Waals surface area contributed by atoms with Crippen molar-refractivity contribution < 1.29 is 9.53 Å². The van der Waals surface area contributed by atoms with E-state index >= 15 is 0 Å². The highest BCUT2D eigenvalue weighted by Crippen LogP contribution is 2.30. The van der Waals surface area contributed by atoms with Crippen molar-refractivity contribution in [1.82, 2.24) is 14.5 Å². The Hall–Kier alpha value is -3.10. The Morgan fingerprint density at radius 3 is 2.68 bits per heavy atom. The number of anilines is 1. The van der Waals surface area contributed by atoms with Crippen molar-refractivity contribution in [2.75, 3.05) is 37.7 Å². The van der Waals surface area contributed by atoms with Gasteiger partial charge in [-0.1, -0.05) is 36.5 Å². The van der Waals surface area contributed by atoms with Gasteiger partial charge >= 0.3 is 0 Å². The van der Waals surface area contributed by atoms with Gasteiger partial charge in [0.1, 0.15) is 10.7 Å². The van der Waals surface area contributed by atoms with E-state index in [1.807, 2.05) is 41.3 Å². The molecule has 1 fully saturated rings. The molecule has 0 spiro atoms. The number of thiocarbonyl (C=S) groups is 1. The van der Waals surface area contributed by atoms with Crippen LogP contribution in [-0.2, 0) is 18.2 Å². The SMILES string of the molecule is Cn1cc2c(c(N3CCOCC3)c1=O)C(=O)N(CCc1ccc3ccccc3n1)C2=S. The number of aryl methyl sites for hydroxylation is 1. The Morgan fingerprint density at radius 1 is 1.10 bits per heavy atom. The molecule has 0 unspecified atom stereocenters. The second kappa shape index (κ2) is 7.86. The number of nitrogens with zero attached hydrogens (tertiary/aromatic N) is 4. The van der Waals surface area contributed by atoms with Crippen LogP contribution in [0.15, 0.2) is 47.4 Å². The van der Waals surface area contributed by atoms with E-state index in [1.165, 1.54) is 4.57 Å². The number of aromatic nitrogens is 2. The monoisotopic (exact) mass is 434 g/mol. The van der Waals surface area contributed by atoms with Crippen molar-refractivity contribution in [2.24, 2.45) is 7.05 Å². The van der Waals surface area contributed by atoms with Gasteiger partial charge in [-0.2, -0.15) is 0 Å². The van der Waals surface area contributed by atoms with Gasteiger partial charge in [0.15, 0.2) is 0 Å². The number of hydrogen-bond acceptors (Lipinski definition) is 6. The summed E-state index contributed by atoms with van der Waals surface area (Å²) in [5.74, 6) is -0.208. The van der Waals surface area contributed by atoms with Gasteiger partial charge in [0, 0.05) is 55.9 Å². The molecule has 0 radical (unpaired) electrons. The van der Waals surface area contributed by atoms with Crippen LogP contribution in [0.3, 0.4) is 0 Å². The molecule has 3 aromatic rings. The number of rotatable bonds is 4. The lowest BCUT2D eigenvalue weighted by Crippen LogP contribution is -2.41. The van der Waals surface area contributed by atoms with Gasteiger partial charge < -0.3 is 14.2 Å². The minimum atomic E-state index is -0.208. The maximum atomic E-state index is 13.4. The number of para-hydroxylation sites is 1. The van der Waals surface area contributed by atoms with Crippen LogP contribution in [0.4, 0.5) is 5.69 Å². The molecule has 0 saturated carbocycles. The van der Waals surface area contributed by atoms with E-state index in [1.54, 1.807) is 18.1 Å². The zero-order valence-corrected chi connectivity index (χ0v) is 18.0. The van der Waals surface area contributed by atoms with Gasteiger partial charge in [0.2, 0.25) is 0 Å². The maximum Gasteiger partial charge on any atom is 0.274 e. The Morgan fingerprint density at radius 2 is 1.87 bits per heavy atom. The normalized spacial score (nSPS) is 16.3. The van der Waals surface area contributed by atoms with Gasteiger partial charge in [-0.15, -0.1) is 0 Å². The van der Waals surface area contributed by atoms with Crippen LogP contribution in [0, 0.1) is 0 Å². The van der Waals surface area contributed by atoms with Gasteiger partial charge in [0.05, 0.1) is 24.3 Å². The fourth-order valence-electron chi connectivity index (χ4n) is 4.23. The molecule has 0 atom stereocenters. The second-order valence-electron chi connectivity index (χ2n) is 7.79. The number of amides is 1. The summed E-state index contributed by atoms with van der Waals surface area (Å²) < 4.78 is 6.93. The molecule has 2 aliphatic rings. The Bertz CT molecular complexity index is 1260. The van der Waals surface area contributed by atoms with Crippen LogP contribution in [0.2, 0.25) is 0 Å². The van der Waals surface area contributed by atoms with Gasteiger partial charge in [-0.05, 0) is 12.1 Å². The molecule has 4 heterocycles. The fourth-order valence-corrected chi connectivity index (χ4v) is 4.56. The first-order valence-electron chi connectivity index (χ1n) is 10.3. The van der Waals surface area contributed by atoms with Crippen molar-refractivity contribution in [3.8, 4) is 0 Å². The first-order valence-corrected chi connectivity index (χ1v) is 10.7. The average Bonchev–Trinajstić information content (AvgIpc) is 3.02. The van der Waals surface area contributed by atoms with Crippen molar-refractivity contribution >= 4 is 39.7 Å². The zero-order valence-electron chi connectivity index (χ0n) is 17.2. The number of carbonyl (C=O) groups excluding carboxylic acids is 1. The van der Waals surface area contributed by atoms with Gasteiger partial charge in [-0.25, -0.2) is 0 Å². The third-order valence-electron chi connectivity index (χ3n) is 5.86. The van der Waals surface area contributed by atoms with Crippen molar-refractivity contribution in [1.29, 1.82) is 0 Å². The number of benzene rings is 1. The molecule has 8 heteroatoms. The summed E-state index contributed by atoms with van der Waals surface area (Å²) in [6.45, 7) is 2.63. The van der Waals surface area contributed by atoms with Crippen molar-refractivity contribution in [2.45, 2.75) is 6.42 Å². The van der Waals surface area contributed by atoms with Crippen molar-refractivity contribution in [3.63, 3.8) is 0 Å². The Kier molecular flexibility index (Phi) is 5.03. The quantitative estimate of drug-likeness (QED) is 0.586. The van der Waals surface area contributed by atoms with Crippen LogP contribution in [0.25, 0.3) is 10.9 Å². The highest BCUT2D eigenvalue weighted by Gasteiger charge is 2.38. The molecule has 2 aromatic heterocycles. The lowest BCUT2D eigenvalue weighted by Gasteiger charge is -2.29. The molecule has 0 bridgehead atoms. The highest BCUT2D eigenvalue weighted by atomic mass is 32.1. The van der Waals surface area contributed by atoms with Crippen LogP contribution >= 0.6 is 12.2 Å². The predicted molar refractivity (Wildman–Crippen MR) is 123 cm³/mol. The van der Waals surface area contributed by atoms with E-state index in [9.17, 15) is 9.59 Å². The predicted octanol–water partition coefficient (Wildman–Crippen LogP) is 2.14. The smallest absolute Gasteiger partial charge is 0.274 e. The van der Waals surface area contributed by atoms with E-state index < -0.39 is 0 Å². The molecule has 5 rings (SSSR count). The van der Waals surface area contributed by atoms with Crippen LogP contribution in [0.5, 0.6) is 0 Å². The van der Waals surface area contributed by atoms with Crippen LogP contribution in [0.1, 0.15) is 21.6 Å². The number of pyridine rings is 2. The lowest BCUT2D eigenvalue weighted by molar-refractivity contribution is 0.0861. The molecule has 0 aliphatic carbocycles. The molecule has 0 N–H and O–H groups in total. The molecule has 1 amide bonds. The summed E-state index contributed by atoms with van der Waals surface area (Å²) >= 11 is 5.65. The van der Waals surface area contributed by atoms with Crippen molar-refractivity contribution in [3.05, 3.63) is 69.8 Å². The number of fused-ring (bicyclic) bond motifs is 2. The first-order chi connectivity index (χ1) is 15.0. The van der Waals surface area contributed by atoms with Crippen LogP contribution in [-0.4, -0.2) is 58.2 Å². The minimum Gasteiger partial charge on any atom is -0.378 e. The molecular weight excluding hydrogens is 412 g/mol. The maximum absolute atomic E-state index is 13.4. The van der Waals surface area contributed by atoms with E-state index in [0.29, 0.717) is 61.1 Å². The number of morpholine rings is 1. The largest absolute Gasteiger partial charge is 0.378 e. The Balaban J connectivity index is 1.45. The van der Waals surface area contributed by atoms with E-state index in [2.05, 4.69) is 0 Å². The number of carbonyl (C=O) groups is 1. The standard InChI is InChI=1S/C23H22N4O3S/c1-25-14-17-19(20(22(25)29)26-10-12-30-13-11-26)21(28)27(23(17)31)9-8-16-7-6-15-4-2-3-5-18(15)24-16/h2-7,14H,8-13H2,1H3. The summed E-state index contributed by atoms with van der Waals surface area (Å²) in [4.78, 5) is 35.0. The average molecular weight is 435 g/mol. The van der Waals surface area contributed by atoms with Gasteiger partial charge in [0.25, 0.3) is 11.5 Å². The molecule has 2 aliphatic heterocycles. The topological polar surface area (TPSA) is 67.7 Å². The summed E-state index contributed by atoms with van der Waals surface area (Å²) in [5.41, 5.74) is 3.14. The molecule has 1 aromatic carbocycles. The number of hydrogen-bond donors (Lipinski definition) is 0. The fraction of sp³-hybridized carbons (Fsp3) is 0.304. The molecule has 7 nitrogen and oxygen atoms in total. The number of ether oxygens (including phenoxy) is 1. The summed E-state index contributed by atoms with van der Waals surface area (Å²) in [5, 5.41) is 1.08. The minimum absolute atomic E-state index is 0.185. The second-order valence-corrected chi connectivity index (χ2v) is 8.18.